The van der Waals surface area contributed by atoms with Gasteiger partial charge in [0.05, 0.1) is 0 Å². The molecule has 0 aromatic carbocycles. The summed E-state index contributed by atoms with van der Waals surface area (Å²) in [6, 6.07) is 0. The van der Waals surface area contributed by atoms with Crippen LogP contribution >= 0.6 is 0 Å². The van der Waals surface area contributed by atoms with Crippen molar-refractivity contribution in [3.63, 3.8) is 0 Å². The third-order valence-corrected chi connectivity index (χ3v) is 1.71. The fraction of sp³-hybridized carbons (Fsp3) is 1.00. The van der Waals surface area contributed by atoms with Crippen LogP contribution in [0.3, 0.4) is 0 Å². The Balaban J connectivity index is 2.40. The molecule has 0 aromatic rings. The van der Waals surface area contributed by atoms with Crippen molar-refractivity contribution in [1.82, 2.24) is 5.73 Å². The monoisotopic (exact) mass is 98.1 g/mol. The maximum Gasteiger partial charge on any atom is 0.0295 e. The molecule has 1 saturated carbocycles. The molecule has 1 rings (SSSR count). The quantitative estimate of drug-likeness (QED) is 0.439. The van der Waals surface area contributed by atoms with Crippen LogP contribution in [0.25, 0.3) is 0 Å². The number of nitrogens with one attached hydrogen (secondary N) is 1. The molecule has 0 aliphatic heterocycles. The minimum absolute atomic E-state index is 0.0556. The zero-order valence-corrected chi connectivity index (χ0v) is 4.83. The Morgan fingerprint density at radius 3 is 1.86 bits per heavy atom. The molecular weight excluding hydrogens is 86.1 g/mol. The molecule has 1 aliphatic carbocycles. The zero-order valence-electron chi connectivity index (χ0n) is 4.83. The van der Waals surface area contributed by atoms with Crippen molar-refractivity contribution < 1.29 is 0 Å². The van der Waals surface area contributed by atoms with Gasteiger partial charge < -0.3 is 0 Å². The zero-order chi connectivity index (χ0) is 5.33. The summed E-state index contributed by atoms with van der Waals surface area (Å²) in [6.45, 7) is 2.03. The van der Waals surface area contributed by atoms with E-state index in [1.807, 2.05) is 6.92 Å². The van der Waals surface area contributed by atoms with Crippen LogP contribution < -0.4 is 5.73 Å². The van der Waals surface area contributed by atoms with E-state index in [2.05, 4.69) is 0 Å². The van der Waals surface area contributed by atoms with Crippen molar-refractivity contribution in [2.45, 2.75) is 38.1 Å². The highest BCUT2D eigenvalue weighted by Gasteiger charge is 2.23. The van der Waals surface area contributed by atoms with E-state index in [1.165, 1.54) is 12.8 Å². The van der Waals surface area contributed by atoms with E-state index in [0.717, 1.165) is 12.8 Å². The summed E-state index contributed by atoms with van der Waals surface area (Å²) in [4.78, 5) is 0. The predicted molar refractivity (Wildman–Crippen MR) is 30.0 cm³/mol. The molecule has 0 heterocycles. The summed E-state index contributed by atoms with van der Waals surface area (Å²) < 4.78 is 0. The number of hydrogen-bond acceptors (Lipinski definition) is 0. The van der Waals surface area contributed by atoms with Gasteiger partial charge in [-0.1, -0.05) is 12.8 Å². The second-order valence-corrected chi connectivity index (χ2v) is 2.77. The van der Waals surface area contributed by atoms with Gasteiger partial charge in [-0.15, -0.1) is 0 Å². The molecule has 1 aliphatic rings. The first-order valence-electron chi connectivity index (χ1n) is 2.96. The van der Waals surface area contributed by atoms with Crippen molar-refractivity contribution in [3.05, 3.63) is 0 Å². The van der Waals surface area contributed by atoms with E-state index in [0.29, 0.717) is 0 Å². The molecule has 0 saturated heterocycles. The first-order chi connectivity index (χ1) is 3.21. The van der Waals surface area contributed by atoms with Gasteiger partial charge in [0.1, 0.15) is 0 Å². The normalized spacial score (nSPS) is 28.3. The van der Waals surface area contributed by atoms with Crippen LogP contribution in [0.4, 0.5) is 0 Å². The lowest BCUT2D eigenvalue weighted by Gasteiger charge is -2.12. The number of rotatable bonds is 0. The molecule has 1 N–H and O–H groups in total. The van der Waals surface area contributed by atoms with Gasteiger partial charge in [-0.05, 0) is 19.8 Å². The van der Waals surface area contributed by atoms with Gasteiger partial charge in [-0.3, -0.25) is 5.73 Å². The highest BCUT2D eigenvalue weighted by atomic mass is 14.7. The van der Waals surface area contributed by atoms with Crippen LogP contribution in [0.2, 0.25) is 0 Å². The maximum atomic E-state index is 7.49. The lowest BCUT2D eigenvalue weighted by Crippen LogP contribution is -2.19. The van der Waals surface area contributed by atoms with E-state index in [4.69, 9.17) is 5.73 Å². The molecule has 1 radical (unpaired) electrons. The Morgan fingerprint density at radius 2 is 1.71 bits per heavy atom. The fourth-order valence-electron chi connectivity index (χ4n) is 1.16. The van der Waals surface area contributed by atoms with Crippen molar-refractivity contribution in [1.29, 1.82) is 0 Å². The average molecular weight is 98.2 g/mol. The van der Waals surface area contributed by atoms with Crippen LogP contribution in [0.15, 0.2) is 0 Å². The van der Waals surface area contributed by atoms with Crippen molar-refractivity contribution in [2.24, 2.45) is 0 Å². The summed E-state index contributed by atoms with van der Waals surface area (Å²) in [5.41, 5.74) is 7.43. The molecule has 0 aromatic heterocycles. The summed E-state index contributed by atoms with van der Waals surface area (Å²) in [7, 11) is 0. The van der Waals surface area contributed by atoms with Gasteiger partial charge in [-0.25, -0.2) is 0 Å². The van der Waals surface area contributed by atoms with Crippen LogP contribution in [0, 0.1) is 0 Å². The average Bonchev–Trinajstić information content (AvgIpc) is 1.84. The van der Waals surface area contributed by atoms with E-state index >= 15 is 0 Å². The SMILES string of the molecule is CC1([NH])CCCC1. The highest BCUT2D eigenvalue weighted by molar-refractivity contribution is 4.82. The van der Waals surface area contributed by atoms with Crippen LogP contribution in [-0.2, 0) is 0 Å². The molecule has 1 heteroatoms. The highest BCUT2D eigenvalue weighted by Crippen LogP contribution is 2.27. The minimum Gasteiger partial charge on any atom is -0.251 e. The van der Waals surface area contributed by atoms with Crippen LogP contribution in [0.1, 0.15) is 32.6 Å². The third-order valence-electron chi connectivity index (χ3n) is 1.71. The molecule has 0 unspecified atom stereocenters. The van der Waals surface area contributed by atoms with E-state index < -0.39 is 0 Å². The smallest absolute Gasteiger partial charge is 0.0295 e. The van der Waals surface area contributed by atoms with Gasteiger partial charge in [-0.2, -0.15) is 0 Å². The Kier molecular flexibility index (Phi) is 1.08. The van der Waals surface area contributed by atoms with E-state index in [9.17, 15) is 0 Å². The molecule has 1 fully saturated rings. The first-order valence-corrected chi connectivity index (χ1v) is 2.96. The topological polar surface area (TPSA) is 23.8 Å². The van der Waals surface area contributed by atoms with Crippen molar-refractivity contribution in [2.75, 3.05) is 0 Å². The second-order valence-electron chi connectivity index (χ2n) is 2.77. The largest absolute Gasteiger partial charge is 0.251 e. The lowest BCUT2D eigenvalue weighted by atomic mass is 10.0. The first kappa shape index (κ1) is 5.10. The van der Waals surface area contributed by atoms with Crippen LogP contribution in [0.5, 0.6) is 0 Å². The van der Waals surface area contributed by atoms with E-state index in [1.54, 1.807) is 0 Å². The Hall–Kier alpha value is -0.0400. The van der Waals surface area contributed by atoms with Gasteiger partial charge in [0.15, 0.2) is 0 Å². The molecule has 41 valence electrons. The molecule has 0 atom stereocenters. The molecule has 0 bridgehead atoms. The fourth-order valence-corrected chi connectivity index (χ4v) is 1.16. The summed E-state index contributed by atoms with van der Waals surface area (Å²) in [5, 5.41) is 0. The molecule has 0 spiro atoms. The molecule has 0 amide bonds. The second kappa shape index (κ2) is 1.48. The Morgan fingerprint density at radius 1 is 1.29 bits per heavy atom. The van der Waals surface area contributed by atoms with Gasteiger partial charge >= 0.3 is 0 Å². The predicted octanol–water partition coefficient (Wildman–Crippen LogP) is 1.60. The Labute approximate surface area is 44.9 Å². The standard InChI is InChI=1S/C6H12N/c1-6(7)4-2-3-5-6/h7H,2-5H2,1H3. The van der Waals surface area contributed by atoms with Gasteiger partial charge in [0.2, 0.25) is 0 Å². The molecule has 1 nitrogen and oxygen atoms in total. The molecular formula is C6H12N. The Bertz CT molecular complexity index is 58.6. The minimum atomic E-state index is -0.0556. The van der Waals surface area contributed by atoms with E-state index in [-0.39, 0.29) is 5.54 Å². The third kappa shape index (κ3) is 1.16. The summed E-state index contributed by atoms with van der Waals surface area (Å²) in [5.74, 6) is 0. The lowest BCUT2D eigenvalue weighted by molar-refractivity contribution is 0.469. The molecule has 7 heavy (non-hydrogen) atoms. The van der Waals surface area contributed by atoms with Crippen molar-refractivity contribution >= 4 is 0 Å². The van der Waals surface area contributed by atoms with Gasteiger partial charge in [0.25, 0.3) is 0 Å². The van der Waals surface area contributed by atoms with Gasteiger partial charge in [0, 0.05) is 5.54 Å². The number of hydrogen-bond donors (Lipinski definition) is 0. The maximum absolute atomic E-state index is 7.49. The van der Waals surface area contributed by atoms with Crippen molar-refractivity contribution in [3.8, 4) is 0 Å². The summed E-state index contributed by atoms with van der Waals surface area (Å²) in [6.07, 6.45) is 4.79. The van der Waals surface area contributed by atoms with Crippen LogP contribution in [-0.4, -0.2) is 5.54 Å². The summed E-state index contributed by atoms with van der Waals surface area (Å²) >= 11 is 0.